The van der Waals surface area contributed by atoms with Gasteiger partial charge < -0.3 is 25.6 Å². The van der Waals surface area contributed by atoms with Crippen molar-refractivity contribution in [2.75, 3.05) is 57.3 Å². The van der Waals surface area contributed by atoms with Crippen molar-refractivity contribution in [3.8, 4) is 5.75 Å². The molecule has 24 heavy (non-hydrogen) atoms. The van der Waals surface area contributed by atoms with E-state index in [9.17, 15) is 0 Å². The number of nitrogens with two attached hydrogens (primary N) is 1. The number of benzene rings is 1. The minimum Gasteiger partial charge on any atom is -0.494 e. The zero-order chi connectivity index (χ0) is 17.7. The molecule has 0 amide bonds. The van der Waals surface area contributed by atoms with Gasteiger partial charge in [0.25, 0.3) is 0 Å². The number of aryl methyl sites for hydroxylation is 1. The van der Waals surface area contributed by atoms with E-state index in [1.54, 1.807) is 13.3 Å². The van der Waals surface area contributed by atoms with E-state index in [1.807, 2.05) is 46.3 Å². The number of rotatable bonds is 7. The van der Waals surface area contributed by atoms with Crippen LogP contribution in [0.3, 0.4) is 0 Å². The molecule has 0 saturated heterocycles. The van der Waals surface area contributed by atoms with Crippen molar-refractivity contribution in [1.82, 2.24) is 14.9 Å². The number of nitrogen functional groups attached to an aromatic ring is 1. The summed E-state index contributed by atoms with van der Waals surface area (Å²) in [6.45, 7) is 3.73. The summed E-state index contributed by atoms with van der Waals surface area (Å²) in [7, 11) is 7.75. The quantitative estimate of drug-likeness (QED) is 0.753. The fourth-order valence-electron chi connectivity index (χ4n) is 2.28. The van der Waals surface area contributed by atoms with Gasteiger partial charge in [-0.3, -0.25) is 0 Å². The van der Waals surface area contributed by atoms with E-state index in [0.717, 1.165) is 30.2 Å². The van der Waals surface area contributed by atoms with Crippen LogP contribution in [-0.4, -0.2) is 56.2 Å². The van der Waals surface area contributed by atoms with Crippen molar-refractivity contribution >= 4 is 23.0 Å². The first kappa shape index (κ1) is 17.8. The minimum atomic E-state index is 0.515. The average molecular weight is 330 g/mol. The monoisotopic (exact) mass is 330 g/mol. The summed E-state index contributed by atoms with van der Waals surface area (Å²) in [6.07, 6.45) is 1.71. The maximum Gasteiger partial charge on any atom is 0.227 e. The first-order valence-electron chi connectivity index (χ1n) is 7.80. The van der Waals surface area contributed by atoms with Gasteiger partial charge in [-0.25, -0.2) is 9.97 Å². The Kier molecular flexibility index (Phi) is 5.81. The van der Waals surface area contributed by atoms with Crippen LogP contribution in [0, 0.1) is 6.92 Å². The van der Waals surface area contributed by atoms with Gasteiger partial charge >= 0.3 is 0 Å². The lowest BCUT2D eigenvalue weighted by molar-refractivity contribution is 0.413. The van der Waals surface area contributed by atoms with E-state index in [0.29, 0.717) is 17.4 Å². The number of nitrogens with one attached hydrogen (secondary N) is 1. The summed E-state index contributed by atoms with van der Waals surface area (Å²) >= 11 is 0. The first-order valence-corrected chi connectivity index (χ1v) is 7.80. The molecule has 7 heteroatoms. The van der Waals surface area contributed by atoms with Crippen LogP contribution in [-0.2, 0) is 0 Å². The molecule has 1 heterocycles. The van der Waals surface area contributed by atoms with Crippen LogP contribution >= 0.6 is 0 Å². The third-order valence-corrected chi connectivity index (χ3v) is 3.68. The topological polar surface area (TPSA) is 79.5 Å². The highest BCUT2D eigenvalue weighted by Crippen LogP contribution is 2.36. The second-order valence-electron chi connectivity index (χ2n) is 5.98. The van der Waals surface area contributed by atoms with Crippen LogP contribution in [0.5, 0.6) is 5.75 Å². The van der Waals surface area contributed by atoms with Crippen LogP contribution in [0.4, 0.5) is 23.0 Å². The highest BCUT2D eigenvalue weighted by molar-refractivity contribution is 5.79. The number of anilines is 4. The van der Waals surface area contributed by atoms with Crippen molar-refractivity contribution < 1.29 is 4.74 Å². The van der Waals surface area contributed by atoms with E-state index in [1.165, 1.54) is 0 Å². The maximum atomic E-state index is 6.24. The lowest BCUT2D eigenvalue weighted by atomic mass is 10.2. The predicted octanol–water partition coefficient (Wildman–Crippen LogP) is 2.12. The highest BCUT2D eigenvalue weighted by atomic mass is 16.5. The number of hydrogen-bond donors (Lipinski definition) is 2. The fraction of sp³-hybridized carbons (Fsp3) is 0.412. The number of hydrogen-bond acceptors (Lipinski definition) is 7. The molecular formula is C17H26N6O. The van der Waals surface area contributed by atoms with Crippen molar-refractivity contribution in [3.05, 3.63) is 30.1 Å². The Morgan fingerprint density at radius 2 is 1.96 bits per heavy atom. The van der Waals surface area contributed by atoms with Crippen molar-refractivity contribution in [2.24, 2.45) is 0 Å². The van der Waals surface area contributed by atoms with Gasteiger partial charge in [0.15, 0.2) is 0 Å². The Labute approximate surface area is 143 Å². The molecule has 0 atom stereocenters. The van der Waals surface area contributed by atoms with Crippen LogP contribution in [0.2, 0.25) is 0 Å². The lowest BCUT2D eigenvalue weighted by Gasteiger charge is -2.24. The minimum absolute atomic E-state index is 0.515. The van der Waals surface area contributed by atoms with Gasteiger partial charge in [0.2, 0.25) is 5.95 Å². The standard InChI is InChI=1S/C17H26N6O/c1-12-6-7-19-17(20-12)21-14-10-13(18)15(11-16(14)24-5)23(4)9-8-22(2)3/h6-7,10-11H,8-9,18H2,1-5H3,(H,19,20,21). The van der Waals surface area contributed by atoms with Gasteiger partial charge in [-0.1, -0.05) is 0 Å². The second-order valence-corrected chi connectivity index (χ2v) is 5.98. The number of methoxy groups -OCH3 is 1. The first-order chi connectivity index (χ1) is 11.4. The molecule has 0 spiro atoms. The molecule has 0 saturated carbocycles. The Morgan fingerprint density at radius 1 is 1.21 bits per heavy atom. The molecular weight excluding hydrogens is 304 g/mol. The van der Waals surface area contributed by atoms with Gasteiger partial charge in [0.05, 0.1) is 24.2 Å². The molecule has 0 radical (unpaired) electrons. The van der Waals surface area contributed by atoms with E-state index in [-0.39, 0.29) is 0 Å². The summed E-state index contributed by atoms with van der Waals surface area (Å²) in [5, 5.41) is 3.17. The Bertz CT molecular complexity index is 689. The molecule has 0 unspecified atom stereocenters. The molecule has 3 N–H and O–H groups in total. The van der Waals surface area contributed by atoms with Gasteiger partial charge in [-0.2, -0.15) is 0 Å². The molecule has 0 aliphatic heterocycles. The average Bonchev–Trinajstić information content (AvgIpc) is 2.53. The highest BCUT2D eigenvalue weighted by Gasteiger charge is 2.13. The van der Waals surface area contributed by atoms with Gasteiger partial charge in [0.1, 0.15) is 5.75 Å². The second kappa shape index (κ2) is 7.83. The molecule has 0 fully saturated rings. The number of aromatic nitrogens is 2. The van der Waals surface area contributed by atoms with E-state index < -0.39 is 0 Å². The summed E-state index contributed by atoms with van der Waals surface area (Å²) in [5.41, 5.74) is 9.48. The fourth-order valence-corrected chi connectivity index (χ4v) is 2.28. The third kappa shape index (κ3) is 4.48. The normalized spacial score (nSPS) is 10.8. The summed E-state index contributed by atoms with van der Waals surface area (Å²) in [6, 6.07) is 5.63. The lowest BCUT2D eigenvalue weighted by Crippen LogP contribution is -2.29. The van der Waals surface area contributed by atoms with Crippen molar-refractivity contribution in [1.29, 1.82) is 0 Å². The zero-order valence-corrected chi connectivity index (χ0v) is 15.0. The summed E-state index contributed by atoms with van der Waals surface area (Å²) in [5.74, 6) is 1.21. The molecule has 130 valence electrons. The Balaban J connectivity index is 2.26. The maximum absolute atomic E-state index is 6.24. The van der Waals surface area contributed by atoms with E-state index in [4.69, 9.17) is 10.5 Å². The molecule has 0 aliphatic carbocycles. The molecule has 1 aromatic heterocycles. The SMILES string of the molecule is COc1cc(N(C)CCN(C)C)c(N)cc1Nc1nccc(C)n1. The van der Waals surface area contributed by atoms with Crippen LogP contribution in [0.15, 0.2) is 24.4 Å². The summed E-state index contributed by atoms with van der Waals surface area (Å²) < 4.78 is 5.51. The van der Waals surface area contributed by atoms with Gasteiger partial charge in [-0.05, 0) is 33.2 Å². The van der Waals surface area contributed by atoms with Crippen molar-refractivity contribution in [3.63, 3.8) is 0 Å². The van der Waals surface area contributed by atoms with Gasteiger partial charge in [-0.15, -0.1) is 0 Å². The molecule has 2 aromatic rings. The Morgan fingerprint density at radius 3 is 2.58 bits per heavy atom. The smallest absolute Gasteiger partial charge is 0.227 e. The number of likely N-dealkylation sites (N-methyl/N-ethyl adjacent to an activating group) is 2. The van der Waals surface area contributed by atoms with Gasteiger partial charge in [0, 0.05) is 38.1 Å². The van der Waals surface area contributed by atoms with E-state index >= 15 is 0 Å². The predicted molar refractivity (Wildman–Crippen MR) is 99.3 cm³/mol. The van der Waals surface area contributed by atoms with Crippen LogP contribution < -0.4 is 20.7 Å². The Hall–Kier alpha value is -2.54. The van der Waals surface area contributed by atoms with Crippen molar-refractivity contribution in [2.45, 2.75) is 6.92 Å². The molecule has 0 bridgehead atoms. The number of nitrogens with zero attached hydrogens (tertiary/aromatic N) is 4. The largest absolute Gasteiger partial charge is 0.494 e. The summed E-state index contributed by atoms with van der Waals surface area (Å²) in [4.78, 5) is 12.8. The van der Waals surface area contributed by atoms with Crippen LogP contribution in [0.1, 0.15) is 5.69 Å². The zero-order valence-electron chi connectivity index (χ0n) is 15.0. The third-order valence-electron chi connectivity index (χ3n) is 3.68. The molecule has 0 aliphatic rings. The van der Waals surface area contributed by atoms with Crippen LogP contribution in [0.25, 0.3) is 0 Å². The molecule has 7 nitrogen and oxygen atoms in total. The van der Waals surface area contributed by atoms with E-state index in [2.05, 4.69) is 25.1 Å². The molecule has 2 rings (SSSR count). The molecule has 1 aromatic carbocycles. The number of ether oxygens (including phenoxy) is 1.